The number of nitrogens with zero attached hydrogens (tertiary/aromatic N) is 3. The van der Waals surface area contributed by atoms with Crippen LogP contribution in [-0.4, -0.2) is 101 Å². The van der Waals surface area contributed by atoms with Crippen LogP contribution in [0.3, 0.4) is 0 Å². The van der Waals surface area contributed by atoms with Crippen LogP contribution in [-0.2, 0) is 20.7 Å². The third kappa shape index (κ3) is 7.02. The van der Waals surface area contributed by atoms with Gasteiger partial charge in [0.05, 0.1) is 0 Å². The number of likely N-dealkylation sites (tertiary alicyclic amines) is 1. The first-order chi connectivity index (χ1) is 21.8. The maximum absolute atomic E-state index is 13.9. The lowest BCUT2D eigenvalue weighted by molar-refractivity contribution is -0.143. The first kappa shape index (κ1) is 31.1. The Kier molecular flexibility index (Phi) is 9.42. The molecule has 10 heteroatoms. The Morgan fingerprint density at radius 3 is 2.29 bits per heavy atom. The molecule has 0 radical (unpaired) electrons. The van der Waals surface area contributed by atoms with Gasteiger partial charge >= 0.3 is 6.09 Å². The van der Waals surface area contributed by atoms with Crippen molar-refractivity contribution in [1.82, 2.24) is 19.7 Å². The van der Waals surface area contributed by atoms with E-state index in [2.05, 4.69) is 9.88 Å². The van der Waals surface area contributed by atoms with Gasteiger partial charge < -0.3 is 29.4 Å². The Morgan fingerprint density at radius 2 is 1.60 bits per heavy atom. The van der Waals surface area contributed by atoms with Crippen molar-refractivity contribution in [3.8, 4) is 5.75 Å². The summed E-state index contributed by atoms with van der Waals surface area (Å²) in [6, 6.07) is 13.9. The highest BCUT2D eigenvalue weighted by Gasteiger charge is 2.35. The van der Waals surface area contributed by atoms with Gasteiger partial charge in [-0.05, 0) is 79.7 Å². The summed E-state index contributed by atoms with van der Waals surface area (Å²) in [4.78, 5) is 49.2. The van der Waals surface area contributed by atoms with Crippen molar-refractivity contribution < 1.29 is 24.2 Å². The van der Waals surface area contributed by atoms with E-state index in [1.807, 2.05) is 61.2 Å². The third-order valence-corrected chi connectivity index (χ3v) is 9.80. The molecule has 1 aromatic heterocycles. The van der Waals surface area contributed by atoms with Gasteiger partial charge in [-0.15, -0.1) is 0 Å². The molecule has 2 amide bonds. The molecule has 2 aromatic carbocycles. The van der Waals surface area contributed by atoms with Crippen LogP contribution >= 0.6 is 0 Å². The number of phenols is 1. The lowest BCUT2D eigenvalue weighted by atomic mass is 9.89. The normalized spacial score (nSPS) is 19.5. The summed E-state index contributed by atoms with van der Waals surface area (Å²) in [6.45, 7) is 8.85. The van der Waals surface area contributed by atoms with Gasteiger partial charge in [-0.3, -0.25) is 14.5 Å². The van der Waals surface area contributed by atoms with Crippen LogP contribution in [0.2, 0.25) is 0 Å². The topological polar surface area (TPSA) is 115 Å². The fourth-order valence-electron chi connectivity index (χ4n) is 7.16. The predicted octanol–water partition coefficient (Wildman–Crippen LogP) is 4.10. The summed E-state index contributed by atoms with van der Waals surface area (Å²) >= 11 is 0. The number of hydrogen-bond donors (Lipinski definition) is 2. The first-order valence-corrected chi connectivity index (χ1v) is 16.2. The lowest BCUT2D eigenvalue weighted by Gasteiger charge is -2.41. The Balaban J connectivity index is 1.12. The number of piperazine rings is 1. The van der Waals surface area contributed by atoms with Gasteiger partial charge in [-0.2, -0.15) is 0 Å². The third-order valence-electron chi connectivity index (χ3n) is 9.80. The van der Waals surface area contributed by atoms with Crippen molar-refractivity contribution in [2.45, 2.75) is 64.0 Å². The molecule has 3 fully saturated rings. The van der Waals surface area contributed by atoms with Gasteiger partial charge in [0.25, 0.3) is 11.5 Å². The molecular formula is C35H44N4O6. The maximum atomic E-state index is 13.9. The van der Waals surface area contributed by atoms with Crippen LogP contribution in [0.4, 0.5) is 4.79 Å². The zero-order valence-corrected chi connectivity index (χ0v) is 26.3. The summed E-state index contributed by atoms with van der Waals surface area (Å²) in [6.07, 6.45) is 2.05. The van der Waals surface area contributed by atoms with Crippen molar-refractivity contribution in [3.05, 3.63) is 75.1 Å². The van der Waals surface area contributed by atoms with Gasteiger partial charge in [0.15, 0.2) is 6.10 Å². The van der Waals surface area contributed by atoms with Crippen LogP contribution in [0.5, 0.6) is 5.75 Å². The highest BCUT2D eigenvalue weighted by atomic mass is 16.6. The number of pyridine rings is 1. The number of nitrogens with one attached hydrogen (secondary N) is 1. The molecule has 1 atom stereocenters. The standard InChI is InChI=1S/C35H44N4O6/c1-23-19-25(20-24(2)32(23)40)21-31(34(42)38-15-13-37(14-16-38)28-9-17-44-18-10-28)45-35(43)39-11-7-26(8-12-39)29-22-27-5-3-4-6-30(27)36-33(29)41/h3-6,19-20,22,26,28,31,40H,7-18,21H2,1-2H3,(H,36,41). The highest BCUT2D eigenvalue weighted by Crippen LogP contribution is 2.29. The minimum atomic E-state index is -0.975. The number of aromatic amines is 1. The van der Waals surface area contributed by atoms with Crippen LogP contribution in [0, 0.1) is 13.8 Å². The molecule has 0 spiro atoms. The van der Waals surface area contributed by atoms with Gasteiger partial charge in [0.2, 0.25) is 0 Å². The first-order valence-electron chi connectivity index (χ1n) is 16.2. The summed E-state index contributed by atoms with van der Waals surface area (Å²) in [5, 5.41) is 11.3. The van der Waals surface area contributed by atoms with Crippen LogP contribution in [0.1, 0.15) is 53.9 Å². The van der Waals surface area contributed by atoms with E-state index >= 15 is 0 Å². The number of phenolic OH excluding ortho intramolecular Hbond substituents is 1. The van der Waals surface area contributed by atoms with Crippen molar-refractivity contribution in [1.29, 1.82) is 0 Å². The number of benzene rings is 2. The molecule has 4 heterocycles. The van der Waals surface area contributed by atoms with Crippen LogP contribution in [0.15, 0.2) is 47.3 Å². The average Bonchev–Trinajstić information content (AvgIpc) is 3.06. The molecular weight excluding hydrogens is 572 g/mol. The number of amides is 2. The summed E-state index contributed by atoms with van der Waals surface area (Å²) in [5.41, 5.74) is 3.75. The minimum Gasteiger partial charge on any atom is -0.507 e. The molecule has 10 nitrogen and oxygen atoms in total. The largest absolute Gasteiger partial charge is 0.507 e. The molecule has 3 aliphatic heterocycles. The van der Waals surface area contributed by atoms with E-state index in [1.165, 1.54) is 0 Å². The number of fused-ring (bicyclic) bond motifs is 1. The van der Waals surface area contributed by atoms with E-state index in [0.717, 1.165) is 72.3 Å². The Hall–Kier alpha value is -3.89. The van der Waals surface area contributed by atoms with Gasteiger partial charge in [0.1, 0.15) is 5.75 Å². The Bertz CT molecular complexity index is 1560. The fraction of sp³-hybridized carbons (Fsp3) is 0.514. The van der Waals surface area contributed by atoms with Gasteiger partial charge in [-0.1, -0.05) is 30.3 Å². The number of piperidine rings is 1. The van der Waals surface area contributed by atoms with E-state index in [0.29, 0.717) is 45.1 Å². The molecule has 3 saturated heterocycles. The van der Waals surface area contributed by atoms with E-state index in [1.54, 1.807) is 4.90 Å². The SMILES string of the molecule is Cc1cc(CC(OC(=O)N2CCC(c3cc4ccccc4[nH]c3=O)CC2)C(=O)N2CCN(C3CCOCC3)CC2)cc(C)c1O. The second kappa shape index (κ2) is 13.6. The number of carbonyl (C=O) groups is 2. The molecule has 45 heavy (non-hydrogen) atoms. The molecule has 0 aliphatic carbocycles. The number of ether oxygens (including phenoxy) is 2. The number of rotatable bonds is 6. The highest BCUT2D eigenvalue weighted by molar-refractivity contribution is 5.84. The molecule has 0 bridgehead atoms. The molecule has 0 saturated carbocycles. The number of para-hydroxylation sites is 1. The second-order valence-electron chi connectivity index (χ2n) is 12.8. The van der Waals surface area contributed by atoms with Crippen LogP contribution < -0.4 is 5.56 Å². The number of carbonyl (C=O) groups excluding carboxylic acids is 2. The van der Waals surface area contributed by atoms with E-state index in [4.69, 9.17) is 9.47 Å². The summed E-state index contributed by atoms with van der Waals surface area (Å²) in [7, 11) is 0. The Labute approximate surface area is 263 Å². The average molecular weight is 617 g/mol. The number of aryl methyl sites for hydroxylation is 2. The fourth-order valence-corrected chi connectivity index (χ4v) is 7.16. The number of aromatic hydroxyl groups is 1. The quantitative estimate of drug-likeness (QED) is 0.429. The van der Waals surface area contributed by atoms with Gasteiger partial charge in [-0.25, -0.2) is 4.79 Å². The number of hydrogen-bond acceptors (Lipinski definition) is 7. The van der Waals surface area contributed by atoms with Crippen LogP contribution in [0.25, 0.3) is 10.9 Å². The lowest BCUT2D eigenvalue weighted by Crippen LogP contribution is -2.55. The maximum Gasteiger partial charge on any atom is 0.410 e. The number of aromatic nitrogens is 1. The number of H-pyrrole nitrogens is 1. The van der Waals surface area contributed by atoms with Crippen molar-refractivity contribution in [2.75, 3.05) is 52.5 Å². The molecule has 3 aromatic rings. The van der Waals surface area contributed by atoms with Gasteiger partial charge in [0, 0.05) is 76.0 Å². The molecule has 2 N–H and O–H groups in total. The Morgan fingerprint density at radius 1 is 0.933 bits per heavy atom. The van der Waals surface area contributed by atoms with E-state index in [9.17, 15) is 19.5 Å². The zero-order chi connectivity index (χ0) is 31.5. The smallest absolute Gasteiger partial charge is 0.410 e. The summed E-state index contributed by atoms with van der Waals surface area (Å²) < 4.78 is 11.5. The van der Waals surface area contributed by atoms with E-state index < -0.39 is 12.2 Å². The minimum absolute atomic E-state index is 0.0369. The predicted molar refractivity (Wildman–Crippen MR) is 172 cm³/mol. The second-order valence-corrected chi connectivity index (χ2v) is 12.8. The molecule has 3 aliphatic rings. The summed E-state index contributed by atoms with van der Waals surface area (Å²) in [5.74, 6) is 0.0849. The molecule has 1 unspecified atom stereocenters. The van der Waals surface area contributed by atoms with Crippen molar-refractivity contribution in [3.63, 3.8) is 0 Å². The molecule has 6 rings (SSSR count). The van der Waals surface area contributed by atoms with Crippen molar-refractivity contribution in [2.24, 2.45) is 0 Å². The molecule has 240 valence electrons. The van der Waals surface area contributed by atoms with Crippen molar-refractivity contribution >= 4 is 22.9 Å². The van der Waals surface area contributed by atoms with E-state index in [-0.39, 0.29) is 29.6 Å². The zero-order valence-electron chi connectivity index (χ0n) is 26.3. The monoisotopic (exact) mass is 616 g/mol.